The summed E-state index contributed by atoms with van der Waals surface area (Å²) in [6, 6.07) is 16.2. The standard InChI is InChI=1S/C21H18N2O6S/c1-27-18-9-2-5-14-11-19(29-20(14)18)21(24)23-15-6-3-8-17(12-15)30(25,26)22-13-16-7-4-10-28-16/h2-12,22H,13H2,1H3,(H,23,24). The first-order valence-electron chi connectivity index (χ1n) is 8.96. The van der Waals surface area contributed by atoms with Gasteiger partial charge in [-0.05, 0) is 42.5 Å². The minimum atomic E-state index is -3.79. The maximum Gasteiger partial charge on any atom is 0.291 e. The van der Waals surface area contributed by atoms with Crippen LogP contribution in [0.15, 0.2) is 80.7 Å². The molecule has 9 heteroatoms. The van der Waals surface area contributed by atoms with E-state index in [1.165, 1.54) is 25.5 Å². The number of sulfonamides is 1. The quantitative estimate of drug-likeness (QED) is 0.465. The summed E-state index contributed by atoms with van der Waals surface area (Å²) >= 11 is 0. The van der Waals surface area contributed by atoms with Gasteiger partial charge in [-0.25, -0.2) is 13.1 Å². The highest BCUT2D eigenvalue weighted by Gasteiger charge is 2.18. The molecular weight excluding hydrogens is 408 g/mol. The Labute approximate surface area is 172 Å². The van der Waals surface area contributed by atoms with Crippen LogP contribution in [0.3, 0.4) is 0 Å². The van der Waals surface area contributed by atoms with Crippen LogP contribution in [0.5, 0.6) is 5.75 Å². The first-order valence-corrected chi connectivity index (χ1v) is 10.4. The molecule has 30 heavy (non-hydrogen) atoms. The Hall–Kier alpha value is -3.56. The molecule has 0 spiro atoms. The van der Waals surface area contributed by atoms with Gasteiger partial charge in [0.25, 0.3) is 5.91 Å². The summed E-state index contributed by atoms with van der Waals surface area (Å²) in [5.41, 5.74) is 0.775. The molecule has 154 valence electrons. The zero-order valence-corrected chi connectivity index (χ0v) is 16.7. The SMILES string of the molecule is COc1cccc2cc(C(=O)Nc3cccc(S(=O)(=O)NCc4ccco4)c3)oc12. The molecule has 4 aromatic rings. The summed E-state index contributed by atoms with van der Waals surface area (Å²) in [4.78, 5) is 12.6. The van der Waals surface area contributed by atoms with E-state index in [4.69, 9.17) is 13.6 Å². The van der Waals surface area contributed by atoms with Crippen molar-refractivity contribution in [2.24, 2.45) is 0 Å². The maximum absolute atomic E-state index is 12.6. The fourth-order valence-corrected chi connectivity index (χ4v) is 3.94. The molecule has 0 atom stereocenters. The van der Waals surface area contributed by atoms with Gasteiger partial charge in [-0.15, -0.1) is 0 Å². The van der Waals surface area contributed by atoms with E-state index < -0.39 is 15.9 Å². The number of nitrogens with one attached hydrogen (secondary N) is 2. The van der Waals surface area contributed by atoms with Crippen molar-refractivity contribution in [2.45, 2.75) is 11.4 Å². The van der Waals surface area contributed by atoms with Gasteiger partial charge in [-0.3, -0.25) is 4.79 Å². The van der Waals surface area contributed by atoms with Gasteiger partial charge < -0.3 is 18.9 Å². The van der Waals surface area contributed by atoms with E-state index in [1.807, 2.05) is 0 Å². The molecule has 4 rings (SSSR count). The largest absolute Gasteiger partial charge is 0.493 e. The number of furan rings is 2. The summed E-state index contributed by atoms with van der Waals surface area (Å²) in [6.07, 6.45) is 1.47. The van der Waals surface area contributed by atoms with Crippen molar-refractivity contribution in [1.29, 1.82) is 0 Å². The molecular formula is C21H18N2O6S. The van der Waals surface area contributed by atoms with Crippen LogP contribution >= 0.6 is 0 Å². The Morgan fingerprint density at radius 3 is 2.67 bits per heavy atom. The third-order valence-corrected chi connectivity index (χ3v) is 5.77. The molecule has 0 saturated carbocycles. The van der Waals surface area contributed by atoms with E-state index in [1.54, 1.807) is 48.5 Å². The van der Waals surface area contributed by atoms with E-state index in [0.717, 1.165) is 5.39 Å². The molecule has 0 unspecified atom stereocenters. The summed E-state index contributed by atoms with van der Waals surface area (Å²) in [7, 11) is -2.27. The molecule has 8 nitrogen and oxygen atoms in total. The van der Waals surface area contributed by atoms with Gasteiger partial charge in [0, 0.05) is 11.1 Å². The van der Waals surface area contributed by atoms with Crippen molar-refractivity contribution in [1.82, 2.24) is 4.72 Å². The fraction of sp³-hybridized carbons (Fsp3) is 0.0952. The zero-order chi connectivity index (χ0) is 21.1. The highest BCUT2D eigenvalue weighted by molar-refractivity contribution is 7.89. The lowest BCUT2D eigenvalue weighted by Gasteiger charge is -2.08. The summed E-state index contributed by atoms with van der Waals surface area (Å²) < 4.78 is 43.5. The zero-order valence-electron chi connectivity index (χ0n) is 15.9. The van der Waals surface area contributed by atoms with Gasteiger partial charge in [-0.1, -0.05) is 18.2 Å². The number of hydrogen-bond donors (Lipinski definition) is 2. The Balaban J connectivity index is 1.52. The fourth-order valence-electron chi connectivity index (χ4n) is 2.91. The normalized spacial score (nSPS) is 11.5. The lowest BCUT2D eigenvalue weighted by atomic mass is 10.2. The van der Waals surface area contributed by atoms with Gasteiger partial charge in [0.05, 0.1) is 24.8 Å². The Morgan fingerprint density at radius 1 is 1.07 bits per heavy atom. The average molecular weight is 426 g/mol. The van der Waals surface area contributed by atoms with E-state index >= 15 is 0 Å². The molecule has 2 aromatic heterocycles. The number of benzene rings is 2. The number of hydrogen-bond acceptors (Lipinski definition) is 6. The van der Waals surface area contributed by atoms with E-state index in [-0.39, 0.29) is 17.2 Å². The summed E-state index contributed by atoms with van der Waals surface area (Å²) in [5, 5.41) is 3.37. The highest BCUT2D eigenvalue weighted by Crippen LogP contribution is 2.29. The van der Waals surface area contributed by atoms with Crippen LogP contribution in [-0.2, 0) is 16.6 Å². The Kier molecular flexibility index (Phi) is 5.30. The monoisotopic (exact) mass is 426 g/mol. The van der Waals surface area contributed by atoms with Crippen LogP contribution in [-0.4, -0.2) is 21.4 Å². The van der Waals surface area contributed by atoms with Crippen LogP contribution < -0.4 is 14.8 Å². The van der Waals surface area contributed by atoms with Crippen LogP contribution in [0.1, 0.15) is 16.3 Å². The smallest absolute Gasteiger partial charge is 0.291 e. The molecule has 1 amide bonds. The molecule has 0 fully saturated rings. The molecule has 0 saturated heterocycles. The maximum atomic E-state index is 12.6. The second kappa shape index (κ2) is 8.05. The first kappa shape index (κ1) is 19.7. The highest BCUT2D eigenvalue weighted by atomic mass is 32.2. The number of amides is 1. The van der Waals surface area contributed by atoms with Crippen molar-refractivity contribution in [3.63, 3.8) is 0 Å². The number of anilines is 1. The average Bonchev–Trinajstić information content (AvgIpc) is 3.42. The lowest BCUT2D eigenvalue weighted by molar-refractivity contribution is 0.0998. The van der Waals surface area contributed by atoms with Gasteiger partial charge in [0.2, 0.25) is 10.0 Å². The van der Waals surface area contributed by atoms with Gasteiger partial charge >= 0.3 is 0 Å². The predicted octanol–water partition coefficient (Wildman–Crippen LogP) is 3.77. The number of carbonyl (C=O) groups excluding carboxylic acids is 1. The third kappa shape index (κ3) is 4.07. The molecule has 0 aliphatic carbocycles. The van der Waals surface area contributed by atoms with Crippen molar-refractivity contribution in [3.8, 4) is 5.75 Å². The van der Waals surface area contributed by atoms with Crippen molar-refractivity contribution in [2.75, 3.05) is 12.4 Å². The molecule has 2 N–H and O–H groups in total. The molecule has 2 aromatic carbocycles. The molecule has 0 aliphatic heterocycles. The van der Waals surface area contributed by atoms with Gasteiger partial charge in [0.15, 0.2) is 17.1 Å². The van der Waals surface area contributed by atoms with Gasteiger partial charge in [-0.2, -0.15) is 0 Å². The number of rotatable bonds is 7. The first-order chi connectivity index (χ1) is 14.5. The molecule has 0 aliphatic rings. The van der Waals surface area contributed by atoms with E-state index in [2.05, 4.69) is 10.0 Å². The number of ether oxygens (including phenoxy) is 1. The molecule has 2 heterocycles. The van der Waals surface area contributed by atoms with Crippen LogP contribution in [0.25, 0.3) is 11.0 Å². The van der Waals surface area contributed by atoms with Crippen LogP contribution in [0.2, 0.25) is 0 Å². The second-order valence-electron chi connectivity index (χ2n) is 6.38. The van der Waals surface area contributed by atoms with Crippen molar-refractivity contribution >= 4 is 32.6 Å². The second-order valence-corrected chi connectivity index (χ2v) is 8.14. The van der Waals surface area contributed by atoms with E-state index in [9.17, 15) is 13.2 Å². The number of fused-ring (bicyclic) bond motifs is 1. The van der Waals surface area contributed by atoms with Gasteiger partial charge in [0.1, 0.15) is 5.76 Å². The third-order valence-electron chi connectivity index (χ3n) is 4.37. The van der Waals surface area contributed by atoms with Crippen LogP contribution in [0, 0.1) is 0 Å². The minimum absolute atomic E-state index is 0.0122. The minimum Gasteiger partial charge on any atom is -0.493 e. The lowest BCUT2D eigenvalue weighted by Crippen LogP contribution is -2.23. The summed E-state index contributed by atoms with van der Waals surface area (Å²) in [6.45, 7) is 0.0206. The molecule has 0 bridgehead atoms. The number of para-hydroxylation sites is 1. The van der Waals surface area contributed by atoms with Crippen LogP contribution in [0.4, 0.5) is 5.69 Å². The topological polar surface area (TPSA) is 111 Å². The van der Waals surface area contributed by atoms with Crippen molar-refractivity contribution in [3.05, 3.63) is 78.4 Å². The predicted molar refractivity (Wildman–Crippen MR) is 110 cm³/mol. The Bertz CT molecular complexity index is 1290. The Morgan fingerprint density at radius 2 is 1.90 bits per heavy atom. The van der Waals surface area contributed by atoms with E-state index in [0.29, 0.717) is 22.8 Å². The number of methoxy groups -OCH3 is 1. The molecule has 0 radical (unpaired) electrons. The van der Waals surface area contributed by atoms with Crippen molar-refractivity contribution < 1.29 is 26.8 Å². The summed E-state index contributed by atoms with van der Waals surface area (Å²) in [5.74, 6) is 0.579. The number of carbonyl (C=O) groups is 1.